The molecule has 74 valence electrons. The Hall–Kier alpha value is -1.15. The van der Waals surface area contributed by atoms with Gasteiger partial charge in [0.25, 0.3) is 0 Å². The van der Waals surface area contributed by atoms with Crippen LogP contribution in [0.5, 0.6) is 11.5 Å². The van der Waals surface area contributed by atoms with E-state index in [0.717, 1.165) is 27.7 Å². The van der Waals surface area contributed by atoms with Crippen molar-refractivity contribution in [2.75, 3.05) is 6.79 Å². The Kier molecular flexibility index (Phi) is 2.38. The second-order valence-electron chi connectivity index (χ2n) is 3.38. The van der Waals surface area contributed by atoms with E-state index < -0.39 is 0 Å². The summed E-state index contributed by atoms with van der Waals surface area (Å²) in [5, 5.41) is 0.767. The molecule has 0 spiro atoms. The molecule has 0 aliphatic carbocycles. The van der Waals surface area contributed by atoms with Gasteiger partial charge >= 0.3 is 0 Å². The quantitative estimate of drug-likeness (QED) is 0.707. The van der Waals surface area contributed by atoms with Crippen LogP contribution in [0.15, 0.2) is 23.8 Å². The SMILES string of the molecule is CC(C)=C(Cl)c1ccc2c(c1)OCO2. The topological polar surface area (TPSA) is 18.5 Å². The molecule has 0 unspecified atom stereocenters. The van der Waals surface area contributed by atoms with E-state index in [4.69, 9.17) is 21.1 Å². The first kappa shape index (κ1) is 9.41. The summed E-state index contributed by atoms with van der Waals surface area (Å²) >= 11 is 6.13. The minimum Gasteiger partial charge on any atom is -0.454 e. The van der Waals surface area contributed by atoms with Crippen molar-refractivity contribution in [3.8, 4) is 11.5 Å². The molecule has 0 N–H and O–H groups in total. The van der Waals surface area contributed by atoms with E-state index in [1.807, 2.05) is 32.0 Å². The van der Waals surface area contributed by atoms with Crippen LogP contribution in [0, 0.1) is 0 Å². The number of hydrogen-bond acceptors (Lipinski definition) is 2. The van der Waals surface area contributed by atoms with Gasteiger partial charge in [0.2, 0.25) is 6.79 Å². The third-order valence-corrected chi connectivity index (χ3v) is 2.66. The molecular formula is C11H11ClO2. The summed E-state index contributed by atoms with van der Waals surface area (Å²) in [6.45, 7) is 4.26. The molecular weight excluding hydrogens is 200 g/mol. The third kappa shape index (κ3) is 1.58. The lowest BCUT2D eigenvalue weighted by molar-refractivity contribution is 0.174. The van der Waals surface area contributed by atoms with Gasteiger partial charge in [0, 0.05) is 5.03 Å². The van der Waals surface area contributed by atoms with Crippen LogP contribution >= 0.6 is 11.6 Å². The van der Waals surface area contributed by atoms with Gasteiger partial charge in [-0.05, 0) is 37.6 Å². The molecule has 0 saturated carbocycles. The number of rotatable bonds is 1. The molecule has 1 aliphatic heterocycles. The van der Waals surface area contributed by atoms with Crippen LogP contribution in [0.25, 0.3) is 5.03 Å². The molecule has 1 aliphatic rings. The van der Waals surface area contributed by atoms with Gasteiger partial charge in [-0.25, -0.2) is 0 Å². The molecule has 0 radical (unpaired) electrons. The molecule has 3 heteroatoms. The number of halogens is 1. The van der Waals surface area contributed by atoms with E-state index in [1.54, 1.807) is 0 Å². The molecule has 1 heterocycles. The van der Waals surface area contributed by atoms with Crippen molar-refractivity contribution in [2.24, 2.45) is 0 Å². The van der Waals surface area contributed by atoms with E-state index in [9.17, 15) is 0 Å². The highest BCUT2D eigenvalue weighted by Gasteiger charge is 2.14. The lowest BCUT2D eigenvalue weighted by atomic mass is 10.1. The summed E-state index contributed by atoms with van der Waals surface area (Å²) in [5.41, 5.74) is 2.06. The van der Waals surface area contributed by atoms with Crippen LogP contribution in [0.4, 0.5) is 0 Å². The van der Waals surface area contributed by atoms with Gasteiger partial charge in [0.05, 0.1) is 0 Å². The van der Waals surface area contributed by atoms with Crippen molar-refractivity contribution in [1.29, 1.82) is 0 Å². The van der Waals surface area contributed by atoms with E-state index in [1.165, 1.54) is 0 Å². The highest BCUT2D eigenvalue weighted by Crippen LogP contribution is 2.35. The summed E-state index contributed by atoms with van der Waals surface area (Å²) in [6, 6.07) is 5.71. The first-order valence-electron chi connectivity index (χ1n) is 4.41. The summed E-state index contributed by atoms with van der Waals surface area (Å²) in [7, 11) is 0. The molecule has 0 bridgehead atoms. The van der Waals surface area contributed by atoms with Crippen molar-refractivity contribution in [3.63, 3.8) is 0 Å². The number of hydrogen-bond donors (Lipinski definition) is 0. The van der Waals surface area contributed by atoms with Gasteiger partial charge in [0.15, 0.2) is 11.5 Å². The molecule has 0 saturated heterocycles. The van der Waals surface area contributed by atoms with Gasteiger partial charge in [-0.1, -0.05) is 17.2 Å². The highest BCUT2D eigenvalue weighted by molar-refractivity contribution is 6.49. The lowest BCUT2D eigenvalue weighted by Gasteiger charge is -2.03. The van der Waals surface area contributed by atoms with Crippen LogP contribution in [0.1, 0.15) is 19.4 Å². The fraction of sp³-hybridized carbons (Fsp3) is 0.273. The highest BCUT2D eigenvalue weighted by atomic mass is 35.5. The Labute approximate surface area is 88.1 Å². The Morgan fingerprint density at radius 2 is 1.93 bits per heavy atom. The predicted octanol–water partition coefficient (Wildman–Crippen LogP) is 3.41. The summed E-state index contributed by atoms with van der Waals surface area (Å²) in [5.74, 6) is 1.55. The first-order chi connectivity index (χ1) is 6.68. The normalized spacial score (nSPS) is 12.8. The van der Waals surface area contributed by atoms with E-state index in [2.05, 4.69) is 0 Å². The fourth-order valence-electron chi connectivity index (χ4n) is 1.32. The molecule has 2 rings (SSSR count). The number of ether oxygens (including phenoxy) is 2. The maximum absolute atomic E-state index is 6.13. The monoisotopic (exact) mass is 210 g/mol. The Bertz CT molecular complexity index is 392. The van der Waals surface area contributed by atoms with Crippen LogP contribution in [0.3, 0.4) is 0 Å². The zero-order valence-corrected chi connectivity index (χ0v) is 8.89. The van der Waals surface area contributed by atoms with Gasteiger partial charge in [-0.3, -0.25) is 0 Å². The number of allylic oxidation sites excluding steroid dienone is 1. The predicted molar refractivity (Wildman–Crippen MR) is 56.7 cm³/mol. The van der Waals surface area contributed by atoms with Crippen LogP contribution in [0.2, 0.25) is 0 Å². The Balaban J connectivity index is 2.43. The Morgan fingerprint density at radius 1 is 1.21 bits per heavy atom. The average Bonchev–Trinajstić information content (AvgIpc) is 2.62. The molecule has 0 aromatic heterocycles. The molecule has 1 aromatic rings. The first-order valence-corrected chi connectivity index (χ1v) is 4.79. The van der Waals surface area contributed by atoms with Crippen molar-refractivity contribution >= 4 is 16.6 Å². The van der Waals surface area contributed by atoms with Crippen LogP contribution in [-0.4, -0.2) is 6.79 Å². The second-order valence-corrected chi connectivity index (χ2v) is 3.76. The summed E-state index contributed by atoms with van der Waals surface area (Å²) in [6.07, 6.45) is 0. The smallest absolute Gasteiger partial charge is 0.231 e. The van der Waals surface area contributed by atoms with Crippen molar-refractivity contribution < 1.29 is 9.47 Å². The van der Waals surface area contributed by atoms with E-state index >= 15 is 0 Å². The zero-order valence-electron chi connectivity index (χ0n) is 8.13. The summed E-state index contributed by atoms with van der Waals surface area (Å²) < 4.78 is 10.5. The van der Waals surface area contributed by atoms with Gasteiger partial charge in [-0.2, -0.15) is 0 Å². The molecule has 2 nitrogen and oxygen atoms in total. The minimum absolute atomic E-state index is 0.297. The van der Waals surface area contributed by atoms with Gasteiger partial charge < -0.3 is 9.47 Å². The third-order valence-electron chi connectivity index (χ3n) is 2.06. The van der Waals surface area contributed by atoms with Crippen LogP contribution in [-0.2, 0) is 0 Å². The minimum atomic E-state index is 0.297. The van der Waals surface area contributed by atoms with Gasteiger partial charge in [0.1, 0.15) is 0 Å². The lowest BCUT2D eigenvalue weighted by Crippen LogP contribution is -1.92. The molecule has 1 aromatic carbocycles. The molecule has 0 atom stereocenters. The average molecular weight is 211 g/mol. The fourth-order valence-corrected chi connectivity index (χ4v) is 1.44. The summed E-state index contributed by atoms with van der Waals surface area (Å²) in [4.78, 5) is 0. The maximum Gasteiger partial charge on any atom is 0.231 e. The van der Waals surface area contributed by atoms with E-state index in [-0.39, 0.29) is 0 Å². The molecule has 0 amide bonds. The Morgan fingerprint density at radius 3 is 2.64 bits per heavy atom. The molecule has 0 fully saturated rings. The number of benzene rings is 1. The number of fused-ring (bicyclic) bond motifs is 1. The van der Waals surface area contributed by atoms with E-state index in [0.29, 0.717) is 6.79 Å². The van der Waals surface area contributed by atoms with Crippen molar-refractivity contribution in [2.45, 2.75) is 13.8 Å². The van der Waals surface area contributed by atoms with Gasteiger partial charge in [-0.15, -0.1) is 0 Å². The standard InChI is InChI=1S/C11H11ClO2/c1-7(2)11(12)8-3-4-9-10(5-8)14-6-13-9/h3-5H,6H2,1-2H3. The van der Waals surface area contributed by atoms with Crippen molar-refractivity contribution in [3.05, 3.63) is 29.3 Å². The van der Waals surface area contributed by atoms with Crippen LogP contribution < -0.4 is 9.47 Å². The zero-order chi connectivity index (χ0) is 10.1. The largest absolute Gasteiger partial charge is 0.454 e. The maximum atomic E-state index is 6.13. The molecule has 14 heavy (non-hydrogen) atoms. The second kappa shape index (κ2) is 3.54. The van der Waals surface area contributed by atoms with Crippen molar-refractivity contribution in [1.82, 2.24) is 0 Å².